The maximum Gasteiger partial charge on any atom is 0.311 e. The molecule has 0 radical (unpaired) electrons. The van der Waals surface area contributed by atoms with E-state index in [0.717, 1.165) is 0 Å². The molecule has 0 aliphatic rings. The van der Waals surface area contributed by atoms with Crippen molar-refractivity contribution < 1.29 is 14.7 Å². The van der Waals surface area contributed by atoms with E-state index < -0.39 is 11.4 Å². The van der Waals surface area contributed by atoms with E-state index in [4.69, 9.17) is 0 Å². The third-order valence-corrected chi connectivity index (χ3v) is 4.87. The summed E-state index contributed by atoms with van der Waals surface area (Å²) < 4.78 is 0. The molecule has 1 amide bonds. The van der Waals surface area contributed by atoms with Gasteiger partial charge < -0.3 is 10.4 Å². The van der Waals surface area contributed by atoms with E-state index >= 15 is 0 Å². The maximum atomic E-state index is 12.2. The van der Waals surface area contributed by atoms with Gasteiger partial charge in [-0.3, -0.25) is 9.59 Å². The Kier molecular flexibility index (Phi) is 5.38. The Labute approximate surface area is 137 Å². The number of aliphatic carboxylic acids is 1. The molecule has 2 rings (SSSR count). The predicted octanol–water partition coefficient (Wildman–Crippen LogP) is 2.22. The fourth-order valence-corrected chi connectivity index (χ4v) is 2.89. The fraction of sp³-hybridized carbons (Fsp3) is 0.400. The summed E-state index contributed by atoms with van der Waals surface area (Å²) in [6, 6.07) is 1.70. The van der Waals surface area contributed by atoms with Crippen molar-refractivity contribution in [2.45, 2.75) is 26.7 Å². The van der Waals surface area contributed by atoms with Crippen LogP contribution in [0, 0.1) is 5.41 Å². The van der Waals surface area contributed by atoms with E-state index in [0.29, 0.717) is 28.6 Å². The molecule has 0 aliphatic heterocycles. The minimum atomic E-state index is -0.939. The number of hydrogen-bond acceptors (Lipinski definition) is 6. The van der Waals surface area contributed by atoms with Gasteiger partial charge in [0.05, 0.1) is 11.6 Å². The van der Waals surface area contributed by atoms with Gasteiger partial charge in [0.15, 0.2) is 10.8 Å². The minimum absolute atomic E-state index is 0.0865. The Balaban J connectivity index is 2.07. The second-order valence-electron chi connectivity index (χ2n) is 5.08. The largest absolute Gasteiger partial charge is 0.481 e. The zero-order valence-electron chi connectivity index (χ0n) is 12.9. The predicted molar refractivity (Wildman–Crippen MR) is 86.1 cm³/mol. The van der Waals surface area contributed by atoms with Crippen LogP contribution in [0.15, 0.2) is 24.7 Å². The molecule has 122 valence electrons. The molecule has 0 saturated heterocycles. The number of amides is 1. The van der Waals surface area contributed by atoms with Gasteiger partial charge in [-0.1, -0.05) is 13.8 Å². The summed E-state index contributed by atoms with van der Waals surface area (Å²) in [5.41, 5.74) is -0.939. The van der Waals surface area contributed by atoms with Gasteiger partial charge in [-0.2, -0.15) is 0 Å². The van der Waals surface area contributed by atoms with Crippen molar-refractivity contribution in [1.82, 2.24) is 20.3 Å². The van der Waals surface area contributed by atoms with Crippen molar-refractivity contribution in [2.24, 2.45) is 5.41 Å². The van der Waals surface area contributed by atoms with E-state index in [9.17, 15) is 14.7 Å². The normalized spacial score (nSPS) is 11.2. The van der Waals surface area contributed by atoms with Crippen molar-refractivity contribution in [3.63, 3.8) is 0 Å². The molecule has 7 nitrogen and oxygen atoms in total. The zero-order valence-corrected chi connectivity index (χ0v) is 13.8. The smallest absolute Gasteiger partial charge is 0.311 e. The van der Waals surface area contributed by atoms with Crippen LogP contribution in [0.1, 0.15) is 36.4 Å². The van der Waals surface area contributed by atoms with Gasteiger partial charge in [0.1, 0.15) is 4.88 Å². The molecule has 0 spiro atoms. The zero-order chi connectivity index (χ0) is 16.9. The molecule has 23 heavy (non-hydrogen) atoms. The number of nitrogens with one attached hydrogen (secondary N) is 1. The van der Waals surface area contributed by atoms with Crippen molar-refractivity contribution in [2.75, 3.05) is 6.54 Å². The summed E-state index contributed by atoms with van der Waals surface area (Å²) in [5.74, 6) is -0.777. The minimum Gasteiger partial charge on any atom is -0.481 e. The molecule has 2 aromatic rings. The molecule has 8 heteroatoms. The van der Waals surface area contributed by atoms with Crippen molar-refractivity contribution in [3.8, 4) is 10.8 Å². The number of carbonyl (C=O) groups excluding carboxylic acids is 1. The topological polar surface area (TPSA) is 105 Å². The van der Waals surface area contributed by atoms with Crippen LogP contribution in [0.2, 0.25) is 0 Å². The number of carbonyl (C=O) groups is 2. The van der Waals surface area contributed by atoms with E-state index in [-0.39, 0.29) is 12.5 Å². The van der Waals surface area contributed by atoms with Gasteiger partial charge in [-0.05, 0) is 18.9 Å². The summed E-state index contributed by atoms with van der Waals surface area (Å²) in [4.78, 5) is 36.4. The lowest BCUT2D eigenvalue weighted by molar-refractivity contribution is -0.149. The van der Waals surface area contributed by atoms with Crippen molar-refractivity contribution in [1.29, 1.82) is 0 Å². The van der Waals surface area contributed by atoms with Gasteiger partial charge in [0.25, 0.3) is 5.91 Å². The second kappa shape index (κ2) is 7.28. The van der Waals surface area contributed by atoms with Crippen LogP contribution >= 0.6 is 11.3 Å². The van der Waals surface area contributed by atoms with Gasteiger partial charge in [-0.25, -0.2) is 15.0 Å². The third kappa shape index (κ3) is 3.70. The number of thiazole rings is 1. The average Bonchev–Trinajstić information content (AvgIpc) is 3.06. The monoisotopic (exact) mass is 334 g/mol. The number of aromatic nitrogens is 3. The van der Waals surface area contributed by atoms with E-state index in [1.165, 1.54) is 17.5 Å². The maximum absolute atomic E-state index is 12.2. The van der Waals surface area contributed by atoms with Gasteiger partial charge in [0.2, 0.25) is 0 Å². The molecular formula is C15H18N4O3S. The Bertz CT molecular complexity index is 683. The summed E-state index contributed by atoms with van der Waals surface area (Å²) in [6.07, 6.45) is 5.56. The van der Waals surface area contributed by atoms with Crippen LogP contribution in [0.4, 0.5) is 0 Å². The summed E-state index contributed by atoms with van der Waals surface area (Å²) >= 11 is 1.17. The summed E-state index contributed by atoms with van der Waals surface area (Å²) in [6.45, 7) is 3.70. The fourth-order valence-electron chi connectivity index (χ4n) is 2.11. The van der Waals surface area contributed by atoms with Gasteiger partial charge in [0, 0.05) is 18.9 Å². The first kappa shape index (κ1) is 17.0. The highest BCUT2D eigenvalue weighted by Crippen LogP contribution is 2.26. The average molecular weight is 334 g/mol. The molecule has 2 heterocycles. The Morgan fingerprint density at radius 1 is 1.22 bits per heavy atom. The molecule has 0 unspecified atom stereocenters. The van der Waals surface area contributed by atoms with E-state index in [1.54, 1.807) is 32.3 Å². The first-order valence-corrected chi connectivity index (χ1v) is 8.09. The van der Waals surface area contributed by atoms with Crippen LogP contribution in [0.25, 0.3) is 10.8 Å². The highest BCUT2D eigenvalue weighted by Gasteiger charge is 2.35. The first-order chi connectivity index (χ1) is 11.0. The molecule has 0 saturated carbocycles. The number of carboxylic acids is 1. The lowest BCUT2D eigenvalue weighted by Gasteiger charge is -2.26. The quantitative estimate of drug-likeness (QED) is 0.804. The molecule has 2 aromatic heterocycles. The van der Waals surface area contributed by atoms with Crippen molar-refractivity contribution in [3.05, 3.63) is 29.5 Å². The number of nitrogens with zero attached hydrogens (tertiary/aromatic N) is 3. The first-order valence-electron chi connectivity index (χ1n) is 7.27. The van der Waals surface area contributed by atoms with Crippen LogP contribution in [-0.2, 0) is 4.79 Å². The molecule has 2 N–H and O–H groups in total. The lowest BCUT2D eigenvalue weighted by atomic mass is 9.82. The van der Waals surface area contributed by atoms with Gasteiger partial charge >= 0.3 is 5.97 Å². The number of hydrogen-bond donors (Lipinski definition) is 2. The van der Waals surface area contributed by atoms with E-state index in [2.05, 4.69) is 20.3 Å². The molecular weight excluding hydrogens is 316 g/mol. The standard InChI is InChI=1S/C15H18N4O3S/c1-3-15(4-2,14(21)22)9-19-12(20)10-8-18-13(23-10)11-16-6-5-7-17-11/h5-8H,3-4,9H2,1-2H3,(H,19,20)(H,21,22). The second-order valence-corrected chi connectivity index (χ2v) is 6.11. The summed E-state index contributed by atoms with van der Waals surface area (Å²) in [7, 11) is 0. The number of rotatable bonds is 7. The lowest BCUT2D eigenvalue weighted by Crippen LogP contribution is -2.42. The molecule has 0 aliphatic carbocycles. The molecule has 0 bridgehead atoms. The Morgan fingerprint density at radius 3 is 2.43 bits per heavy atom. The summed E-state index contributed by atoms with van der Waals surface area (Å²) in [5, 5.41) is 12.6. The van der Waals surface area contributed by atoms with E-state index in [1.807, 2.05) is 0 Å². The highest BCUT2D eigenvalue weighted by atomic mass is 32.1. The van der Waals surface area contributed by atoms with Crippen LogP contribution in [-0.4, -0.2) is 38.5 Å². The van der Waals surface area contributed by atoms with Crippen molar-refractivity contribution >= 4 is 23.2 Å². The Morgan fingerprint density at radius 2 is 1.87 bits per heavy atom. The van der Waals surface area contributed by atoms with Crippen LogP contribution in [0.5, 0.6) is 0 Å². The molecule has 0 atom stereocenters. The molecule has 0 fully saturated rings. The van der Waals surface area contributed by atoms with Crippen LogP contribution in [0.3, 0.4) is 0 Å². The SMILES string of the molecule is CCC(CC)(CNC(=O)c1cnc(-c2ncccn2)s1)C(=O)O. The highest BCUT2D eigenvalue weighted by molar-refractivity contribution is 7.16. The van der Waals surface area contributed by atoms with Crippen LogP contribution < -0.4 is 5.32 Å². The third-order valence-electron chi connectivity index (χ3n) is 3.88. The molecule has 0 aromatic carbocycles. The van der Waals surface area contributed by atoms with Gasteiger partial charge in [-0.15, -0.1) is 11.3 Å². The Hall–Kier alpha value is -2.35. The number of carboxylic acid groups (broad SMARTS) is 1.